The normalized spacial score (nSPS) is 20.8. The Morgan fingerprint density at radius 3 is 2.76 bits per heavy atom. The van der Waals surface area contributed by atoms with E-state index in [9.17, 15) is 4.79 Å². The van der Waals surface area contributed by atoms with E-state index < -0.39 is 6.04 Å². The van der Waals surface area contributed by atoms with Crippen LogP contribution in [0.4, 0.5) is 5.95 Å². The van der Waals surface area contributed by atoms with Crippen molar-refractivity contribution in [3.63, 3.8) is 0 Å². The molecular formula is C17H20N6O2. The summed E-state index contributed by atoms with van der Waals surface area (Å²) in [6.45, 7) is 1.85. The third-order valence-electron chi connectivity index (χ3n) is 4.78. The fraction of sp³-hybridized carbons (Fsp3) is 0.471. The van der Waals surface area contributed by atoms with Gasteiger partial charge in [0, 0.05) is 18.1 Å². The molecule has 2 aromatic rings. The zero-order chi connectivity index (χ0) is 17.2. The number of hydrogen-bond donors (Lipinski definition) is 1. The van der Waals surface area contributed by atoms with Crippen molar-refractivity contribution in [1.82, 2.24) is 25.2 Å². The van der Waals surface area contributed by atoms with Crippen LogP contribution < -0.4 is 5.32 Å². The SMILES string of the molecule is CC1=C(C(=O)OC2CCCCC2)C(c2ccncc2)n2nnnc2N1. The van der Waals surface area contributed by atoms with Crippen molar-refractivity contribution in [3.8, 4) is 0 Å². The lowest BCUT2D eigenvalue weighted by molar-refractivity contribution is -0.146. The van der Waals surface area contributed by atoms with Gasteiger partial charge in [0.2, 0.25) is 5.95 Å². The molecule has 1 fully saturated rings. The summed E-state index contributed by atoms with van der Waals surface area (Å²) < 4.78 is 7.42. The van der Waals surface area contributed by atoms with Gasteiger partial charge in [-0.2, -0.15) is 4.68 Å². The number of aromatic nitrogens is 5. The number of carbonyl (C=O) groups excluding carboxylic acids is 1. The van der Waals surface area contributed by atoms with Crippen LogP contribution in [-0.2, 0) is 9.53 Å². The van der Waals surface area contributed by atoms with Crippen LogP contribution >= 0.6 is 0 Å². The summed E-state index contributed by atoms with van der Waals surface area (Å²) in [5, 5.41) is 14.9. The second-order valence-electron chi connectivity index (χ2n) is 6.46. The van der Waals surface area contributed by atoms with E-state index >= 15 is 0 Å². The molecule has 4 rings (SSSR count). The fourth-order valence-corrected chi connectivity index (χ4v) is 3.53. The zero-order valence-corrected chi connectivity index (χ0v) is 14.1. The summed E-state index contributed by atoms with van der Waals surface area (Å²) in [6.07, 6.45) is 8.68. The van der Waals surface area contributed by atoms with Crippen LogP contribution in [0.15, 0.2) is 35.8 Å². The van der Waals surface area contributed by atoms with Gasteiger partial charge in [-0.25, -0.2) is 4.79 Å². The molecule has 0 aromatic carbocycles. The molecule has 1 atom stereocenters. The first-order valence-electron chi connectivity index (χ1n) is 8.60. The van der Waals surface area contributed by atoms with Crippen molar-refractivity contribution < 1.29 is 9.53 Å². The molecule has 0 spiro atoms. The highest BCUT2D eigenvalue weighted by atomic mass is 16.5. The van der Waals surface area contributed by atoms with Crippen LogP contribution in [0, 0.1) is 0 Å². The Labute approximate surface area is 145 Å². The van der Waals surface area contributed by atoms with Crippen LogP contribution in [0.5, 0.6) is 0 Å². The van der Waals surface area contributed by atoms with Gasteiger partial charge >= 0.3 is 5.97 Å². The summed E-state index contributed by atoms with van der Waals surface area (Å²) in [5.74, 6) is 0.202. The molecule has 8 heteroatoms. The maximum atomic E-state index is 13.0. The minimum absolute atomic E-state index is 0.00471. The second kappa shape index (κ2) is 6.62. The predicted molar refractivity (Wildman–Crippen MR) is 89.5 cm³/mol. The number of tetrazole rings is 1. The van der Waals surface area contributed by atoms with E-state index in [0.717, 1.165) is 31.2 Å². The first kappa shape index (κ1) is 15.7. The van der Waals surface area contributed by atoms with E-state index in [4.69, 9.17) is 4.74 Å². The van der Waals surface area contributed by atoms with Crippen molar-refractivity contribution in [1.29, 1.82) is 0 Å². The Kier molecular flexibility index (Phi) is 4.17. The summed E-state index contributed by atoms with van der Waals surface area (Å²) >= 11 is 0. The van der Waals surface area contributed by atoms with Gasteiger partial charge in [-0.3, -0.25) is 4.98 Å². The lowest BCUT2D eigenvalue weighted by atomic mass is 9.95. The average Bonchev–Trinajstić information content (AvgIpc) is 3.10. The summed E-state index contributed by atoms with van der Waals surface area (Å²) in [7, 11) is 0. The Hall–Kier alpha value is -2.77. The van der Waals surface area contributed by atoms with E-state index in [2.05, 4.69) is 25.8 Å². The molecule has 130 valence electrons. The molecule has 0 amide bonds. The number of carbonyl (C=O) groups is 1. The quantitative estimate of drug-likeness (QED) is 0.856. The van der Waals surface area contributed by atoms with Gasteiger partial charge in [-0.1, -0.05) is 11.5 Å². The van der Waals surface area contributed by atoms with Gasteiger partial charge in [-0.05, 0) is 60.7 Å². The summed E-state index contributed by atoms with van der Waals surface area (Å²) in [5.41, 5.74) is 2.14. The van der Waals surface area contributed by atoms with Crippen LogP contribution in [0.25, 0.3) is 0 Å². The average molecular weight is 340 g/mol. The summed E-state index contributed by atoms with van der Waals surface area (Å²) in [6, 6.07) is 3.30. The van der Waals surface area contributed by atoms with Crippen LogP contribution in [-0.4, -0.2) is 37.3 Å². The smallest absolute Gasteiger partial charge is 0.338 e. The number of anilines is 1. The third kappa shape index (κ3) is 2.99. The fourth-order valence-electron chi connectivity index (χ4n) is 3.53. The van der Waals surface area contributed by atoms with Gasteiger partial charge < -0.3 is 10.1 Å². The molecule has 0 bridgehead atoms. The number of allylic oxidation sites excluding steroid dienone is 1. The number of pyridine rings is 1. The predicted octanol–water partition coefficient (Wildman–Crippen LogP) is 2.23. The number of rotatable bonds is 3. The number of fused-ring (bicyclic) bond motifs is 1. The van der Waals surface area contributed by atoms with Crippen molar-refractivity contribution in [2.24, 2.45) is 0 Å². The second-order valence-corrected chi connectivity index (χ2v) is 6.46. The third-order valence-corrected chi connectivity index (χ3v) is 4.78. The molecule has 1 N–H and O–H groups in total. The maximum absolute atomic E-state index is 13.0. The van der Waals surface area contributed by atoms with Crippen molar-refractivity contribution in [3.05, 3.63) is 41.4 Å². The van der Waals surface area contributed by atoms with Crippen LogP contribution in [0.2, 0.25) is 0 Å². The van der Waals surface area contributed by atoms with E-state index in [1.54, 1.807) is 17.1 Å². The number of nitrogens with zero attached hydrogens (tertiary/aromatic N) is 5. The van der Waals surface area contributed by atoms with E-state index in [0.29, 0.717) is 17.2 Å². The molecule has 8 nitrogen and oxygen atoms in total. The molecule has 1 saturated carbocycles. The van der Waals surface area contributed by atoms with Gasteiger partial charge in [-0.15, -0.1) is 0 Å². The molecule has 1 aliphatic carbocycles. The highest BCUT2D eigenvalue weighted by Crippen LogP contribution is 2.35. The van der Waals surface area contributed by atoms with Crippen LogP contribution in [0.3, 0.4) is 0 Å². The number of ether oxygens (including phenoxy) is 1. The molecule has 2 aromatic heterocycles. The molecule has 0 radical (unpaired) electrons. The Balaban J connectivity index is 1.69. The van der Waals surface area contributed by atoms with Gasteiger partial charge in [0.15, 0.2) is 0 Å². The largest absolute Gasteiger partial charge is 0.459 e. The van der Waals surface area contributed by atoms with E-state index in [1.807, 2.05) is 19.1 Å². The first-order valence-corrected chi connectivity index (χ1v) is 8.60. The molecular weight excluding hydrogens is 320 g/mol. The van der Waals surface area contributed by atoms with E-state index in [1.165, 1.54) is 6.42 Å². The minimum atomic E-state index is -0.426. The molecule has 25 heavy (non-hydrogen) atoms. The van der Waals surface area contributed by atoms with E-state index in [-0.39, 0.29) is 12.1 Å². The number of nitrogens with one attached hydrogen (secondary N) is 1. The van der Waals surface area contributed by atoms with Gasteiger partial charge in [0.05, 0.1) is 5.57 Å². The van der Waals surface area contributed by atoms with Gasteiger partial charge in [0.1, 0.15) is 12.1 Å². The molecule has 0 saturated heterocycles. The number of hydrogen-bond acceptors (Lipinski definition) is 7. The standard InChI is InChI=1S/C17H20N6O2/c1-11-14(16(24)25-13-5-3-2-4-6-13)15(12-7-9-18-10-8-12)23-17(19-11)20-21-22-23/h7-10,13,15H,2-6H2,1H3,(H,19,20,22). The maximum Gasteiger partial charge on any atom is 0.338 e. The Morgan fingerprint density at radius 1 is 1.24 bits per heavy atom. The Bertz CT molecular complexity index is 794. The number of esters is 1. The lowest BCUT2D eigenvalue weighted by Crippen LogP contribution is -2.32. The monoisotopic (exact) mass is 340 g/mol. The Morgan fingerprint density at radius 2 is 2.00 bits per heavy atom. The lowest BCUT2D eigenvalue weighted by Gasteiger charge is -2.29. The molecule has 1 aliphatic heterocycles. The molecule has 3 heterocycles. The minimum Gasteiger partial charge on any atom is -0.459 e. The summed E-state index contributed by atoms with van der Waals surface area (Å²) in [4.78, 5) is 17.0. The van der Waals surface area contributed by atoms with Crippen molar-refractivity contribution >= 4 is 11.9 Å². The topological polar surface area (TPSA) is 94.8 Å². The van der Waals surface area contributed by atoms with Crippen molar-refractivity contribution in [2.75, 3.05) is 5.32 Å². The first-order chi connectivity index (χ1) is 12.2. The van der Waals surface area contributed by atoms with Crippen LogP contribution in [0.1, 0.15) is 50.6 Å². The molecule has 2 aliphatic rings. The van der Waals surface area contributed by atoms with Crippen molar-refractivity contribution in [2.45, 2.75) is 51.2 Å². The van der Waals surface area contributed by atoms with Gasteiger partial charge in [0.25, 0.3) is 0 Å². The zero-order valence-electron chi connectivity index (χ0n) is 14.1. The highest BCUT2D eigenvalue weighted by molar-refractivity contribution is 5.92. The molecule has 1 unspecified atom stereocenters. The highest BCUT2D eigenvalue weighted by Gasteiger charge is 2.35.